The lowest BCUT2D eigenvalue weighted by atomic mass is 9.97. The average Bonchev–Trinajstić information content (AvgIpc) is 3.70. The van der Waals surface area contributed by atoms with E-state index in [9.17, 15) is 0 Å². The number of rotatable bonds is 5. The summed E-state index contributed by atoms with van der Waals surface area (Å²) in [7, 11) is 0. The van der Waals surface area contributed by atoms with Crippen molar-refractivity contribution in [3.05, 3.63) is 158 Å². The van der Waals surface area contributed by atoms with E-state index in [0.29, 0.717) is 5.89 Å². The molecule has 9 aromatic rings. The van der Waals surface area contributed by atoms with E-state index in [1.807, 2.05) is 60.7 Å². The molecule has 0 aliphatic heterocycles. The van der Waals surface area contributed by atoms with Crippen LogP contribution in [0.1, 0.15) is 0 Å². The highest BCUT2D eigenvalue weighted by molar-refractivity contribution is 6.19. The molecule has 2 aromatic heterocycles. The van der Waals surface area contributed by atoms with Gasteiger partial charge in [-0.2, -0.15) is 0 Å². The number of fused-ring (bicyclic) bond motifs is 5. The Balaban J connectivity index is 1.24. The van der Waals surface area contributed by atoms with Gasteiger partial charge in [0.2, 0.25) is 5.89 Å². The fraction of sp³-hybridized carbons (Fsp3) is 0. The van der Waals surface area contributed by atoms with E-state index in [0.717, 1.165) is 66.8 Å². The molecule has 0 atom stereocenters. The van der Waals surface area contributed by atoms with Gasteiger partial charge in [0.05, 0.1) is 0 Å². The third-order valence-electron chi connectivity index (χ3n) is 8.46. The van der Waals surface area contributed by atoms with E-state index < -0.39 is 0 Å². The second-order valence-corrected chi connectivity index (χ2v) is 11.2. The van der Waals surface area contributed by atoms with Crippen LogP contribution in [-0.2, 0) is 0 Å². The van der Waals surface area contributed by atoms with Gasteiger partial charge >= 0.3 is 0 Å². The summed E-state index contributed by atoms with van der Waals surface area (Å²) < 4.78 is 12.9. The first kappa shape index (κ1) is 25.4. The number of furan rings is 1. The Labute approximate surface area is 259 Å². The summed E-state index contributed by atoms with van der Waals surface area (Å²) in [5.41, 5.74) is 9.33. The van der Waals surface area contributed by atoms with Gasteiger partial charge in [-0.05, 0) is 70.9 Å². The van der Waals surface area contributed by atoms with Gasteiger partial charge in [0.15, 0.2) is 5.58 Å². The van der Waals surface area contributed by atoms with E-state index in [1.54, 1.807) is 0 Å². The zero-order valence-electron chi connectivity index (χ0n) is 24.2. The van der Waals surface area contributed by atoms with Crippen LogP contribution in [0.3, 0.4) is 0 Å². The third kappa shape index (κ3) is 4.27. The Bertz CT molecular complexity index is 2480. The zero-order chi connectivity index (χ0) is 29.7. The number of nitrogens with zero attached hydrogens (tertiary/aromatic N) is 2. The summed E-state index contributed by atoms with van der Waals surface area (Å²) in [6.07, 6.45) is 0. The first-order valence-electron chi connectivity index (χ1n) is 15.0. The van der Waals surface area contributed by atoms with E-state index in [-0.39, 0.29) is 0 Å². The number of hydrogen-bond donors (Lipinski definition) is 0. The molecule has 0 spiro atoms. The van der Waals surface area contributed by atoms with Gasteiger partial charge < -0.3 is 13.7 Å². The number of hydrogen-bond acceptors (Lipinski definition) is 4. The molecule has 0 aliphatic carbocycles. The largest absolute Gasteiger partial charge is 0.456 e. The van der Waals surface area contributed by atoms with Gasteiger partial charge in [-0.15, -0.1) is 0 Å². The summed E-state index contributed by atoms with van der Waals surface area (Å²) in [6, 6.07) is 54.5. The maximum Gasteiger partial charge on any atom is 0.227 e. The zero-order valence-corrected chi connectivity index (χ0v) is 24.2. The molecule has 0 bridgehead atoms. The lowest BCUT2D eigenvalue weighted by Crippen LogP contribution is -2.09. The van der Waals surface area contributed by atoms with Crippen LogP contribution < -0.4 is 4.90 Å². The minimum atomic E-state index is 0.590. The third-order valence-corrected chi connectivity index (χ3v) is 8.46. The smallest absolute Gasteiger partial charge is 0.227 e. The van der Waals surface area contributed by atoms with Crippen molar-refractivity contribution in [3.8, 4) is 22.6 Å². The number of oxazole rings is 1. The quantitative estimate of drug-likeness (QED) is 0.204. The Morgan fingerprint density at radius 2 is 1.13 bits per heavy atom. The Hall–Kier alpha value is -6.13. The maximum absolute atomic E-state index is 6.56. The first-order valence-corrected chi connectivity index (χ1v) is 15.0. The van der Waals surface area contributed by atoms with Crippen LogP contribution in [0.4, 0.5) is 17.1 Å². The molecule has 4 heteroatoms. The molecular formula is C41H26N2O2. The summed E-state index contributed by atoms with van der Waals surface area (Å²) in [6.45, 7) is 0. The van der Waals surface area contributed by atoms with Crippen molar-refractivity contribution in [2.24, 2.45) is 0 Å². The van der Waals surface area contributed by atoms with Crippen LogP contribution in [0.25, 0.3) is 66.4 Å². The molecule has 0 saturated heterocycles. The van der Waals surface area contributed by atoms with E-state index in [1.165, 1.54) is 10.8 Å². The Morgan fingerprint density at radius 1 is 0.467 bits per heavy atom. The van der Waals surface area contributed by atoms with Crippen LogP contribution >= 0.6 is 0 Å². The van der Waals surface area contributed by atoms with Gasteiger partial charge in [-0.3, -0.25) is 0 Å². The first-order chi connectivity index (χ1) is 22.3. The summed E-state index contributed by atoms with van der Waals surface area (Å²) in [5.74, 6) is 0.590. The minimum Gasteiger partial charge on any atom is -0.456 e. The van der Waals surface area contributed by atoms with Crippen molar-refractivity contribution >= 4 is 60.9 Å². The molecule has 0 N–H and O–H groups in total. The van der Waals surface area contributed by atoms with Crippen molar-refractivity contribution in [2.75, 3.05) is 4.90 Å². The van der Waals surface area contributed by atoms with Crippen molar-refractivity contribution in [3.63, 3.8) is 0 Å². The fourth-order valence-corrected chi connectivity index (χ4v) is 6.37. The summed E-state index contributed by atoms with van der Waals surface area (Å²) >= 11 is 0. The van der Waals surface area contributed by atoms with Crippen LogP contribution in [0.15, 0.2) is 167 Å². The molecule has 9 rings (SSSR count). The molecular weight excluding hydrogens is 552 g/mol. The molecule has 0 aliphatic rings. The highest BCUT2D eigenvalue weighted by Crippen LogP contribution is 2.44. The molecule has 2 heterocycles. The number of benzene rings is 7. The molecule has 0 fully saturated rings. The number of aromatic nitrogens is 1. The van der Waals surface area contributed by atoms with Crippen LogP contribution in [-0.4, -0.2) is 4.98 Å². The standard InChI is InChI=1S/C41H26N2O2/c1-3-12-29(13-4-1)41-42-35-26-37-39(34-17-9-10-18-36(34)44-37)38(40(35)45-41)28-20-22-32(23-21-28)43(31-15-5-2-6-16-31)33-24-19-27-11-7-8-14-30(27)25-33/h1-26H. The summed E-state index contributed by atoms with van der Waals surface area (Å²) in [4.78, 5) is 7.20. The van der Waals surface area contributed by atoms with Crippen LogP contribution in [0.5, 0.6) is 0 Å². The summed E-state index contributed by atoms with van der Waals surface area (Å²) in [5, 5.41) is 4.49. The Kier molecular flexibility index (Phi) is 5.78. The lowest BCUT2D eigenvalue weighted by Gasteiger charge is -2.26. The van der Waals surface area contributed by atoms with Gasteiger partial charge in [0.25, 0.3) is 0 Å². The molecule has 0 saturated carbocycles. The highest BCUT2D eigenvalue weighted by Gasteiger charge is 2.22. The minimum absolute atomic E-state index is 0.590. The topological polar surface area (TPSA) is 42.4 Å². The molecule has 45 heavy (non-hydrogen) atoms. The molecule has 7 aromatic carbocycles. The van der Waals surface area contributed by atoms with Gasteiger partial charge in [0.1, 0.15) is 16.7 Å². The van der Waals surface area contributed by atoms with Gasteiger partial charge in [0, 0.05) is 45.0 Å². The van der Waals surface area contributed by atoms with Crippen molar-refractivity contribution in [1.29, 1.82) is 0 Å². The van der Waals surface area contributed by atoms with E-state index in [2.05, 4.69) is 102 Å². The monoisotopic (exact) mass is 578 g/mol. The predicted molar refractivity (Wildman–Crippen MR) is 184 cm³/mol. The van der Waals surface area contributed by atoms with Crippen LogP contribution in [0, 0.1) is 0 Å². The highest BCUT2D eigenvalue weighted by atomic mass is 16.4. The predicted octanol–water partition coefficient (Wildman–Crippen LogP) is 11.7. The van der Waals surface area contributed by atoms with Gasteiger partial charge in [-0.25, -0.2) is 4.98 Å². The normalized spacial score (nSPS) is 11.6. The van der Waals surface area contributed by atoms with E-state index in [4.69, 9.17) is 13.8 Å². The second-order valence-electron chi connectivity index (χ2n) is 11.2. The van der Waals surface area contributed by atoms with Crippen LogP contribution in [0.2, 0.25) is 0 Å². The second kappa shape index (κ2) is 10.2. The molecule has 0 amide bonds. The molecule has 0 unspecified atom stereocenters. The lowest BCUT2D eigenvalue weighted by molar-refractivity contribution is 0.621. The molecule has 212 valence electrons. The molecule has 0 radical (unpaired) electrons. The van der Waals surface area contributed by atoms with E-state index >= 15 is 0 Å². The van der Waals surface area contributed by atoms with Crippen molar-refractivity contribution in [2.45, 2.75) is 0 Å². The maximum atomic E-state index is 6.56. The van der Waals surface area contributed by atoms with Crippen molar-refractivity contribution < 1.29 is 8.83 Å². The average molecular weight is 579 g/mol. The number of anilines is 3. The number of para-hydroxylation sites is 2. The molecule has 4 nitrogen and oxygen atoms in total. The Morgan fingerprint density at radius 3 is 1.96 bits per heavy atom. The fourth-order valence-electron chi connectivity index (χ4n) is 6.37. The van der Waals surface area contributed by atoms with Crippen molar-refractivity contribution in [1.82, 2.24) is 4.98 Å². The SMILES string of the molecule is c1ccc(-c2nc3cc4oc5ccccc5c4c(-c4ccc(N(c5ccccc5)c5ccc6ccccc6c5)cc4)c3o2)cc1. The van der Waals surface area contributed by atoms with Gasteiger partial charge in [-0.1, -0.05) is 97.1 Å².